The first-order valence-corrected chi connectivity index (χ1v) is 11.1. The quantitative estimate of drug-likeness (QED) is 0.480. The number of hydrogen-bond donors (Lipinski definition) is 2. The Bertz CT molecular complexity index is 1110. The van der Waals surface area contributed by atoms with Gasteiger partial charge in [-0.3, -0.25) is 4.99 Å². The lowest BCUT2D eigenvalue weighted by Gasteiger charge is -2.15. The van der Waals surface area contributed by atoms with Crippen LogP contribution in [-0.4, -0.2) is 37.2 Å². The van der Waals surface area contributed by atoms with Crippen molar-refractivity contribution in [1.82, 2.24) is 20.2 Å². The third kappa shape index (κ3) is 5.23. The topological polar surface area (TPSA) is 88.4 Å². The van der Waals surface area contributed by atoms with Crippen molar-refractivity contribution in [2.45, 2.75) is 24.9 Å². The first-order chi connectivity index (χ1) is 13.9. The van der Waals surface area contributed by atoms with E-state index in [0.717, 1.165) is 22.4 Å². The average molecular weight is 412 g/mol. The second-order valence-corrected chi connectivity index (χ2v) is 8.73. The number of aromatic nitrogens is 2. The SMILES string of the molecule is CN=C(NCc1ccc(S(C)(=O)=O)c(C)c1)NCc1ccccc1-n1ccnc1. The Labute approximate surface area is 171 Å². The van der Waals surface area contributed by atoms with Crippen LogP contribution in [0.1, 0.15) is 16.7 Å². The summed E-state index contributed by atoms with van der Waals surface area (Å²) in [6.45, 7) is 2.94. The Hall–Kier alpha value is -3.13. The highest BCUT2D eigenvalue weighted by molar-refractivity contribution is 7.90. The minimum absolute atomic E-state index is 0.361. The van der Waals surface area contributed by atoms with Crippen LogP contribution in [0.3, 0.4) is 0 Å². The van der Waals surface area contributed by atoms with Gasteiger partial charge in [-0.1, -0.05) is 30.3 Å². The summed E-state index contributed by atoms with van der Waals surface area (Å²) in [6, 6.07) is 13.4. The van der Waals surface area contributed by atoms with Gasteiger partial charge >= 0.3 is 0 Å². The number of hydrogen-bond acceptors (Lipinski definition) is 4. The van der Waals surface area contributed by atoms with E-state index in [4.69, 9.17) is 0 Å². The smallest absolute Gasteiger partial charge is 0.191 e. The zero-order valence-corrected chi connectivity index (χ0v) is 17.6. The van der Waals surface area contributed by atoms with E-state index in [0.29, 0.717) is 23.9 Å². The van der Waals surface area contributed by atoms with E-state index >= 15 is 0 Å². The van der Waals surface area contributed by atoms with E-state index < -0.39 is 9.84 Å². The van der Waals surface area contributed by atoms with E-state index in [1.54, 1.807) is 32.6 Å². The van der Waals surface area contributed by atoms with Gasteiger partial charge in [0, 0.05) is 38.8 Å². The van der Waals surface area contributed by atoms with E-state index in [1.807, 2.05) is 41.1 Å². The van der Waals surface area contributed by atoms with Gasteiger partial charge in [0.05, 0.1) is 16.9 Å². The molecule has 1 aromatic heterocycles. The molecule has 3 aromatic rings. The molecule has 0 aliphatic rings. The summed E-state index contributed by atoms with van der Waals surface area (Å²) >= 11 is 0. The predicted octanol–water partition coefficient (Wildman–Crippen LogP) is 2.45. The van der Waals surface area contributed by atoms with Gasteiger partial charge in [0.25, 0.3) is 0 Å². The molecule has 0 bridgehead atoms. The number of nitrogens with one attached hydrogen (secondary N) is 2. The van der Waals surface area contributed by atoms with E-state index in [1.165, 1.54) is 6.26 Å². The number of imidazole rings is 1. The second kappa shape index (κ2) is 8.91. The first-order valence-electron chi connectivity index (χ1n) is 9.19. The summed E-state index contributed by atoms with van der Waals surface area (Å²) in [5.41, 5.74) is 3.89. The van der Waals surface area contributed by atoms with Gasteiger partial charge in [-0.15, -0.1) is 0 Å². The van der Waals surface area contributed by atoms with Crippen LogP contribution < -0.4 is 10.6 Å². The first kappa shape index (κ1) is 20.6. The highest BCUT2D eigenvalue weighted by Crippen LogP contribution is 2.17. The van der Waals surface area contributed by atoms with Gasteiger partial charge in [0.15, 0.2) is 15.8 Å². The van der Waals surface area contributed by atoms with Gasteiger partial charge in [-0.25, -0.2) is 13.4 Å². The molecular formula is C21H25N5O2S. The molecule has 7 nitrogen and oxygen atoms in total. The lowest BCUT2D eigenvalue weighted by atomic mass is 10.1. The third-order valence-electron chi connectivity index (χ3n) is 4.54. The van der Waals surface area contributed by atoms with Gasteiger partial charge in [0.2, 0.25) is 0 Å². The van der Waals surface area contributed by atoms with Crippen LogP contribution in [0.4, 0.5) is 0 Å². The van der Waals surface area contributed by atoms with Crippen molar-refractivity contribution < 1.29 is 8.42 Å². The maximum atomic E-state index is 11.8. The lowest BCUT2D eigenvalue weighted by molar-refractivity contribution is 0.601. The molecule has 29 heavy (non-hydrogen) atoms. The van der Waals surface area contributed by atoms with Crippen LogP contribution in [0, 0.1) is 6.92 Å². The van der Waals surface area contributed by atoms with Gasteiger partial charge in [-0.05, 0) is 35.7 Å². The summed E-state index contributed by atoms with van der Waals surface area (Å²) in [4.78, 5) is 8.74. The van der Waals surface area contributed by atoms with E-state index in [2.05, 4.69) is 26.7 Å². The average Bonchev–Trinajstić information content (AvgIpc) is 3.22. The fourth-order valence-electron chi connectivity index (χ4n) is 3.14. The molecule has 3 rings (SSSR count). The molecule has 0 aliphatic carbocycles. The van der Waals surface area contributed by atoms with Gasteiger partial charge in [-0.2, -0.15) is 0 Å². The van der Waals surface area contributed by atoms with Crippen LogP contribution in [0.25, 0.3) is 5.69 Å². The third-order valence-corrected chi connectivity index (χ3v) is 5.80. The summed E-state index contributed by atoms with van der Waals surface area (Å²) in [6.07, 6.45) is 6.66. The molecule has 0 aliphatic heterocycles. The highest BCUT2D eigenvalue weighted by Gasteiger charge is 2.11. The maximum Gasteiger partial charge on any atom is 0.191 e. The van der Waals surface area contributed by atoms with Crippen LogP contribution in [0.5, 0.6) is 0 Å². The molecule has 2 aromatic carbocycles. The van der Waals surface area contributed by atoms with Crippen LogP contribution in [-0.2, 0) is 22.9 Å². The molecule has 0 saturated heterocycles. The van der Waals surface area contributed by atoms with Crippen LogP contribution in [0.2, 0.25) is 0 Å². The molecule has 8 heteroatoms. The van der Waals surface area contributed by atoms with Gasteiger partial charge < -0.3 is 15.2 Å². The van der Waals surface area contributed by atoms with Crippen molar-refractivity contribution in [3.8, 4) is 5.69 Å². The van der Waals surface area contributed by atoms with Crippen molar-refractivity contribution >= 4 is 15.8 Å². The van der Waals surface area contributed by atoms with Crippen molar-refractivity contribution in [3.63, 3.8) is 0 Å². The van der Waals surface area contributed by atoms with Crippen molar-refractivity contribution in [3.05, 3.63) is 77.9 Å². The number of aliphatic imine (C=N–C) groups is 1. The number of sulfone groups is 1. The fourth-order valence-corrected chi connectivity index (χ4v) is 4.10. The van der Waals surface area contributed by atoms with E-state index in [-0.39, 0.29) is 0 Å². The largest absolute Gasteiger partial charge is 0.352 e. The van der Waals surface area contributed by atoms with Crippen molar-refractivity contribution in [2.24, 2.45) is 4.99 Å². The molecule has 0 spiro atoms. The normalized spacial score (nSPS) is 12.0. The Balaban J connectivity index is 1.64. The molecule has 0 saturated carbocycles. The predicted molar refractivity (Wildman–Crippen MR) is 115 cm³/mol. The molecular weight excluding hydrogens is 386 g/mol. The molecule has 0 amide bonds. The second-order valence-electron chi connectivity index (χ2n) is 6.75. The standard InChI is InChI=1S/C21H25N5O2S/c1-16-12-17(8-9-20(16)29(3,27)28)13-24-21(22-2)25-14-18-6-4-5-7-19(18)26-11-10-23-15-26/h4-12,15H,13-14H2,1-3H3,(H2,22,24,25). The summed E-state index contributed by atoms with van der Waals surface area (Å²) in [5.74, 6) is 0.662. The van der Waals surface area contributed by atoms with Crippen LogP contribution in [0.15, 0.2) is 71.1 Å². The maximum absolute atomic E-state index is 11.8. The molecule has 0 atom stereocenters. The Morgan fingerprint density at radius 1 is 1.14 bits per heavy atom. The minimum Gasteiger partial charge on any atom is -0.352 e. The van der Waals surface area contributed by atoms with Crippen LogP contribution >= 0.6 is 0 Å². The zero-order valence-electron chi connectivity index (χ0n) is 16.8. The van der Waals surface area contributed by atoms with Crippen molar-refractivity contribution in [1.29, 1.82) is 0 Å². The number of para-hydroxylation sites is 1. The number of guanidine groups is 1. The number of nitrogens with zero attached hydrogens (tertiary/aromatic N) is 3. The Morgan fingerprint density at radius 3 is 2.55 bits per heavy atom. The Morgan fingerprint density at radius 2 is 1.90 bits per heavy atom. The number of aryl methyl sites for hydroxylation is 1. The lowest BCUT2D eigenvalue weighted by Crippen LogP contribution is -2.36. The molecule has 1 heterocycles. The molecule has 0 fully saturated rings. The van der Waals surface area contributed by atoms with E-state index in [9.17, 15) is 8.42 Å². The molecule has 0 unspecified atom stereocenters. The number of rotatable bonds is 6. The fraction of sp³-hybridized carbons (Fsp3) is 0.238. The summed E-state index contributed by atoms with van der Waals surface area (Å²) < 4.78 is 25.5. The summed E-state index contributed by atoms with van der Waals surface area (Å²) in [5, 5.41) is 6.58. The molecule has 2 N–H and O–H groups in total. The number of benzene rings is 2. The monoisotopic (exact) mass is 411 g/mol. The molecule has 0 radical (unpaired) electrons. The Kier molecular flexibility index (Phi) is 6.33. The van der Waals surface area contributed by atoms with Crippen molar-refractivity contribution in [2.75, 3.05) is 13.3 Å². The summed E-state index contributed by atoms with van der Waals surface area (Å²) in [7, 11) is -1.49. The zero-order chi connectivity index (χ0) is 20.9. The minimum atomic E-state index is -3.21. The van der Waals surface area contributed by atoms with Gasteiger partial charge in [0.1, 0.15) is 0 Å². The highest BCUT2D eigenvalue weighted by atomic mass is 32.2. The molecule has 152 valence electrons.